The quantitative estimate of drug-likeness (QED) is 0.662. The van der Waals surface area contributed by atoms with E-state index in [0.717, 1.165) is 19.6 Å². The molecule has 0 saturated heterocycles. The van der Waals surface area contributed by atoms with Crippen LogP contribution in [-0.2, 0) is 9.47 Å². The Labute approximate surface area is 87.2 Å². The van der Waals surface area contributed by atoms with Crippen LogP contribution in [0.15, 0.2) is 0 Å². The molecule has 3 heteroatoms. The minimum absolute atomic E-state index is 0.497. The van der Waals surface area contributed by atoms with E-state index in [0.29, 0.717) is 12.1 Å². The lowest BCUT2D eigenvalue weighted by Crippen LogP contribution is -2.33. The fourth-order valence-corrected chi connectivity index (χ4v) is 1.97. The third-order valence-electron chi connectivity index (χ3n) is 2.93. The van der Waals surface area contributed by atoms with Crippen molar-refractivity contribution in [1.82, 2.24) is 5.32 Å². The standard InChI is InChI=1S/C11H23NO2/c1-12-10-4-6-11(7-5-10)14-9-3-8-13-2/h10-12H,3-9H2,1-2H3. The van der Waals surface area contributed by atoms with Gasteiger partial charge in [-0.3, -0.25) is 0 Å². The Balaban J connectivity index is 1.98. The maximum absolute atomic E-state index is 5.77. The molecule has 0 unspecified atom stereocenters. The zero-order valence-corrected chi connectivity index (χ0v) is 9.42. The average molecular weight is 201 g/mol. The average Bonchev–Trinajstić information content (AvgIpc) is 2.25. The van der Waals surface area contributed by atoms with Gasteiger partial charge in [0.05, 0.1) is 6.10 Å². The van der Waals surface area contributed by atoms with Crippen molar-refractivity contribution in [3.8, 4) is 0 Å². The van der Waals surface area contributed by atoms with E-state index in [1.807, 2.05) is 7.05 Å². The highest BCUT2D eigenvalue weighted by molar-refractivity contribution is 4.76. The third-order valence-corrected chi connectivity index (χ3v) is 2.93. The fraction of sp³-hybridized carbons (Fsp3) is 1.00. The van der Waals surface area contributed by atoms with Crippen LogP contribution in [0, 0.1) is 0 Å². The van der Waals surface area contributed by atoms with Gasteiger partial charge in [-0.2, -0.15) is 0 Å². The van der Waals surface area contributed by atoms with Crippen LogP contribution in [0.4, 0.5) is 0 Å². The van der Waals surface area contributed by atoms with Crippen LogP contribution >= 0.6 is 0 Å². The molecule has 84 valence electrons. The van der Waals surface area contributed by atoms with Crippen LogP contribution in [0.3, 0.4) is 0 Å². The van der Waals surface area contributed by atoms with E-state index in [2.05, 4.69) is 5.32 Å². The summed E-state index contributed by atoms with van der Waals surface area (Å²) in [6.07, 6.45) is 6.44. The van der Waals surface area contributed by atoms with E-state index in [-0.39, 0.29) is 0 Å². The van der Waals surface area contributed by atoms with E-state index in [1.165, 1.54) is 25.7 Å². The molecule has 1 aliphatic carbocycles. The van der Waals surface area contributed by atoms with Crippen molar-refractivity contribution in [2.45, 2.75) is 44.2 Å². The van der Waals surface area contributed by atoms with Crippen molar-refractivity contribution < 1.29 is 9.47 Å². The van der Waals surface area contributed by atoms with Crippen LogP contribution in [0.2, 0.25) is 0 Å². The third kappa shape index (κ3) is 4.40. The van der Waals surface area contributed by atoms with E-state index in [9.17, 15) is 0 Å². The molecule has 0 radical (unpaired) electrons. The molecule has 14 heavy (non-hydrogen) atoms. The largest absolute Gasteiger partial charge is 0.385 e. The van der Waals surface area contributed by atoms with Gasteiger partial charge in [0.15, 0.2) is 0 Å². The van der Waals surface area contributed by atoms with Crippen molar-refractivity contribution >= 4 is 0 Å². The number of methoxy groups -OCH3 is 1. The molecule has 0 amide bonds. The van der Waals surface area contributed by atoms with Gasteiger partial charge in [-0.1, -0.05) is 0 Å². The molecule has 1 N–H and O–H groups in total. The highest BCUT2D eigenvalue weighted by atomic mass is 16.5. The second-order valence-corrected chi connectivity index (χ2v) is 3.98. The molecular weight excluding hydrogens is 178 g/mol. The minimum atomic E-state index is 0.497. The summed E-state index contributed by atoms with van der Waals surface area (Å²) in [6, 6.07) is 0.717. The van der Waals surface area contributed by atoms with Gasteiger partial charge in [0.2, 0.25) is 0 Å². The predicted molar refractivity (Wildman–Crippen MR) is 57.5 cm³/mol. The van der Waals surface area contributed by atoms with Crippen LogP contribution < -0.4 is 5.32 Å². The van der Waals surface area contributed by atoms with E-state index in [4.69, 9.17) is 9.47 Å². The SMILES string of the molecule is CNC1CCC(OCCCOC)CC1. The number of ether oxygens (including phenoxy) is 2. The molecule has 0 aromatic carbocycles. The lowest BCUT2D eigenvalue weighted by Gasteiger charge is -2.28. The Morgan fingerprint density at radius 3 is 2.43 bits per heavy atom. The maximum atomic E-state index is 5.77. The van der Waals surface area contributed by atoms with Crippen LogP contribution in [0.25, 0.3) is 0 Å². The van der Waals surface area contributed by atoms with Gasteiger partial charge in [-0.05, 0) is 39.2 Å². The summed E-state index contributed by atoms with van der Waals surface area (Å²) in [6.45, 7) is 1.66. The summed E-state index contributed by atoms with van der Waals surface area (Å²) >= 11 is 0. The molecule has 1 rings (SSSR count). The zero-order valence-electron chi connectivity index (χ0n) is 9.42. The molecule has 0 aromatic heterocycles. The van der Waals surface area contributed by atoms with Gasteiger partial charge < -0.3 is 14.8 Å². The van der Waals surface area contributed by atoms with Crippen LogP contribution in [0.1, 0.15) is 32.1 Å². The number of rotatable bonds is 6. The molecule has 1 aliphatic rings. The molecule has 1 saturated carbocycles. The Morgan fingerprint density at radius 1 is 1.14 bits per heavy atom. The first-order valence-electron chi connectivity index (χ1n) is 5.64. The molecule has 1 fully saturated rings. The lowest BCUT2D eigenvalue weighted by molar-refractivity contribution is 0.0136. The molecule has 0 aliphatic heterocycles. The van der Waals surface area contributed by atoms with Crippen molar-refractivity contribution in [3.05, 3.63) is 0 Å². The van der Waals surface area contributed by atoms with Crippen molar-refractivity contribution in [2.24, 2.45) is 0 Å². The lowest BCUT2D eigenvalue weighted by atomic mass is 9.93. The number of hydrogen-bond donors (Lipinski definition) is 1. The number of hydrogen-bond acceptors (Lipinski definition) is 3. The summed E-state index contributed by atoms with van der Waals surface area (Å²) in [5, 5.41) is 3.33. The zero-order chi connectivity index (χ0) is 10.2. The second-order valence-electron chi connectivity index (χ2n) is 3.98. The van der Waals surface area contributed by atoms with Crippen molar-refractivity contribution in [1.29, 1.82) is 0 Å². The number of nitrogens with one attached hydrogen (secondary N) is 1. The predicted octanol–water partition coefficient (Wildman–Crippen LogP) is 1.57. The van der Waals surface area contributed by atoms with Gasteiger partial charge in [0, 0.05) is 26.4 Å². The highest BCUT2D eigenvalue weighted by Gasteiger charge is 2.19. The van der Waals surface area contributed by atoms with Crippen LogP contribution in [-0.4, -0.2) is 39.5 Å². The molecule has 0 spiro atoms. The Hall–Kier alpha value is -0.120. The molecule has 0 heterocycles. The monoisotopic (exact) mass is 201 g/mol. The van der Waals surface area contributed by atoms with Crippen molar-refractivity contribution in [3.63, 3.8) is 0 Å². The first-order valence-corrected chi connectivity index (χ1v) is 5.64. The maximum Gasteiger partial charge on any atom is 0.0576 e. The fourth-order valence-electron chi connectivity index (χ4n) is 1.97. The summed E-state index contributed by atoms with van der Waals surface area (Å²) in [4.78, 5) is 0. The van der Waals surface area contributed by atoms with Gasteiger partial charge in [-0.25, -0.2) is 0 Å². The Kier molecular flexibility index (Phi) is 6.15. The Bertz CT molecular complexity index is 133. The van der Waals surface area contributed by atoms with Crippen molar-refractivity contribution in [2.75, 3.05) is 27.4 Å². The summed E-state index contributed by atoms with van der Waals surface area (Å²) in [7, 11) is 3.78. The summed E-state index contributed by atoms with van der Waals surface area (Å²) in [5.41, 5.74) is 0. The van der Waals surface area contributed by atoms with E-state index >= 15 is 0 Å². The first kappa shape index (κ1) is 12.0. The molecule has 0 atom stereocenters. The normalized spacial score (nSPS) is 27.9. The van der Waals surface area contributed by atoms with E-state index < -0.39 is 0 Å². The minimum Gasteiger partial charge on any atom is -0.385 e. The van der Waals surface area contributed by atoms with Gasteiger partial charge >= 0.3 is 0 Å². The molecular formula is C11H23NO2. The van der Waals surface area contributed by atoms with Crippen LogP contribution in [0.5, 0.6) is 0 Å². The van der Waals surface area contributed by atoms with Gasteiger partial charge in [-0.15, -0.1) is 0 Å². The molecule has 0 bridgehead atoms. The topological polar surface area (TPSA) is 30.5 Å². The van der Waals surface area contributed by atoms with Gasteiger partial charge in [0.1, 0.15) is 0 Å². The summed E-state index contributed by atoms with van der Waals surface area (Å²) in [5.74, 6) is 0. The first-order chi connectivity index (χ1) is 6.86. The molecule has 3 nitrogen and oxygen atoms in total. The molecule has 0 aromatic rings. The smallest absolute Gasteiger partial charge is 0.0576 e. The second kappa shape index (κ2) is 7.21. The van der Waals surface area contributed by atoms with Gasteiger partial charge in [0.25, 0.3) is 0 Å². The Morgan fingerprint density at radius 2 is 1.86 bits per heavy atom. The highest BCUT2D eigenvalue weighted by Crippen LogP contribution is 2.20. The van der Waals surface area contributed by atoms with E-state index in [1.54, 1.807) is 7.11 Å². The summed E-state index contributed by atoms with van der Waals surface area (Å²) < 4.78 is 10.7.